The Morgan fingerprint density at radius 2 is 1.75 bits per heavy atom. The summed E-state index contributed by atoms with van der Waals surface area (Å²) in [4.78, 5) is 21.2. The Morgan fingerprint density at radius 3 is 2.06 bits per heavy atom. The third-order valence-electron chi connectivity index (χ3n) is 1.89. The summed E-state index contributed by atoms with van der Waals surface area (Å²) < 4.78 is 0. The number of carbonyl (C=O) groups excluding carboxylic acids is 2. The van der Waals surface area contributed by atoms with Crippen LogP contribution in [0.15, 0.2) is 0 Å². The van der Waals surface area contributed by atoms with E-state index in [9.17, 15) is 24.9 Å². The van der Waals surface area contributed by atoms with Gasteiger partial charge in [0.25, 0.3) is 0 Å². The molecule has 0 aliphatic heterocycles. The Kier molecular flexibility index (Phi) is 5.89. The SMILES string of the molecule is CC(=O)N[C@@H](C(=O)[O-])[C@@H](O)[C@H](O)[C@H](O)CO. The maximum absolute atomic E-state index is 10.6. The molecule has 0 aliphatic carbocycles. The molecule has 1 amide bonds. The summed E-state index contributed by atoms with van der Waals surface area (Å²) >= 11 is 0. The lowest BCUT2D eigenvalue weighted by Gasteiger charge is -2.29. The highest BCUT2D eigenvalue weighted by Gasteiger charge is 2.32. The third-order valence-corrected chi connectivity index (χ3v) is 1.89. The maximum Gasteiger partial charge on any atom is 0.217 e. The van der Waals surface area contributed by atoms with E-state index in [0.29, 0.717) is 0 Å². The first kappa shape index (κ1) is 14.8. The number of rotatable bonds is 6. The van der Waals surface area contributed by atoms with Crippen molar-refractivity contribution >= 4 is 11.9 Å². The molecule has 0 rings (SSSR count). The highest BCUT2D eigenvalue weighted by Crippen LogP contribution is 2.04. The van der Waals surface area contributed by atoms with Gasteiger partial charge in [0.1, 0.15) is 18.3 Å². The zero-order valence-electron chi connectivity index (χ0n) is 8.53. The molecule has 0 fully saturated rings. The summed E-state index contributed by atoms with van der Waals surface area (Å²) in [7, 11) is 0. The monoisotopic (exact) mass is 236 g/mol. The van der Waals surface area contributed by atoms with Crippen molar-refractivity contribution in [2.75, 3.05) is 6.61 Å². The molecular weight excluding hydrogens is 222 g/mol. The van der Waals surface area contributed by atoms with Crippen molar-refractivity contribution in [1.29, 1.82) is 0 Å². The Labute approximate surface area is 91.1 Å². The quantitative estimate of drug-likeness (QED) is 0.311. The van der Waals surface area contributed by atoms with E-state index in [4.69, 9.17) is 10.2 Å². The number of nitrogens with one attached hydrogen (secondary N) is 1. The molecule has 4 atom stereocenters. The molecule has 0 saturated heterocycles. The van der Waals surface area contributed by atoms with Gasteiger partial charge in [-0.3, -0.25) is 4.79 Å². The number of carboxylic acids is 1. The molecular formula is C8H14NO7-. The molecule has 0 bridgehead atoms. The Bertz CT molecular complexity index is 257. The van der Waals surface area contributed by atoms with Crippen LogP contribution in [-0.4, -0.2) is 63.3 Å². The van der Waals surface area contributed by atoms with Crippen molar-refractivity contribution in [2.24, 2.45) is 0 Å². The predicted octanol–water partition coefficient (Wildman–Crippen LogP) is -4.68. The number of carbonyl (C=O) groups is 2. The van der Waals surface area contributed by atoms with Gasteiger partial charge < -0.3 is 35.6 Å². The summed E-state index contributed by atoms with van der Waals surface area (Å²) in [6.45, 7) is 0.148. The lowest BCUT2D eigenvalue weighted by Crippen LogP contribution is -2.59. The normalized spacial score (nSPS) is 18.3. The van der Waals surface area contributed by atoms with Crippen LogP contribution in [0.1, 0.15) is 6.92 Å². The summed E-state index contributed by atoms with van der Waals surface area (Å²) in [6, 6.07) is -1.87. The van der Waals surface area contributed by atoms with Gasteiger partial charge >= 0.3 is 0 Å². The van der Waals surface area contributed by atoms with E-state index in [1.54, 1.807) is 0 Å². The van der Waals surface area contributed by atoms with Crippen LogP contribution in [0.5, 0.6) is 0 Å². The molecule has 0 spiro atoms. The summed E-state index contributed by atoms with van der Waals surface area (Å²) in [5.41, 5.74) is 0. The van der Waals surface area contributed by atoms with Crippen LogP contribution < -0.4 is 10.4 Å². The lowest BCUT2D eigenvalue weighted by molar-refractivity contribution is -0.311. The van der Waals surface area contributed by atoms with Gasteiger partial charge in [0.05, 0.1) is 18.6 Å². The third kappa shape index (κ3) is 4.11. The largest absolute Gasteiger partial charge is 0.548 e. The van der Waals surface area contributed by atoms with Gasteiger partial charge in [-0.15, -0.1) is 0 Å². The molecule has 5 N–H and O–H groups in total. The van der Waals surface area contributed by atoms with Gasteiger partial charge in [0, 0.05) is 6.92 Å². The minimum atomic E-state index is -1.99. The first-order valence-corrected chi connectivity index (χ1v) is 4.44. The number of amides is 1. The van der Waals surface area contributed by atoms with Crippen LogP contribution >= 0.6 is 0 Å². The van der Waals surface area contributed by atoms with Crippen molar-refractivity contribution in [3.8, 4) is 0 Å². The molecule has 0 saturated carbocycles. The van der Waals surface area contributed by atoms with E-state index in [0.717, 1.165) is 6.92 Å². The van der Waals surface area contributed by atoms with Gasteiger partial charge in [0.15, 0.2) is 0 Å². The highest BCUT2D eigenvalue weighted by molar-refractivity contribution is 5.81. The number of carboxylic acid groups (broad SMARTS) is 1. The second kappa shape index (κ2) is 6.38. The van der Waals surface area contributed by atoms with Crippen molar-refractivity contribution in [1.82, 2.24) is 5.32 Å². The molecule has 0 unspecified atom stereocenters. The molecule has 0 aromatic heterocycles. The van der Waals surface area contributed by atoms with Gasteiger partial charge in [-0.05, 0) is 0 Å². The predicted molar refractivity (Wildman–Crippen MR) is 47.7 cm³/mol. The molecule has 94 valence electrons. The van der Waals surface area contributed by atoms with Gasteiger partial charge in [-0.1, -0.05) is 0 Å². The summed E-state index contributed by atoms with van der Waals surface area (Å²) in [5, 5.41) is 48.4. The Morgan fingerprint density at radius 1 is 1.25 bits per heavy atom. The van der Waals surface area contributed by atoms with Crippen LogP contribution in [0.2, 0.25) is 0 Å². The van der Waals surface area contributed by atoms with E-state index in [2.05, 4.69) is 0 Å². The number of aliphatic hydroxyl groups is 4. The standard InChI is InChI=1S/C8H15NO7/c1-3(11)9-5(8(15)16)7(14)6(13)4(12)2-10/h4-7,10,12-14H,2H2,1H3,(H,9,11)(H,15,16)/p-1/t4-,5-,6-,7-/m1/s1. The van der Waals surface area contributed by atoms with E-state index < -0.39 is 42.8 Å². The fourth-order valence-electron chi connectivity index (χ4n) is 1.04. The van der Waals surface area contributed by atoms with Crippen molar-refractivity contribution in [3.05, 3.63) is 0 Å². The average molecular weight is 236 g/mol. The van der Waals surface area contributed by atoms with Gasteiger partial charge in [0.2, 0.25) is 5.91 Å². The second-order valence-corrected chi connectivity index (χ2v) is 3.23. The molecule has 0 aliphatic rings. The molecule has 0 aromatic rings. The number of hydrogen-bond acceptors (Lipinski definition) is 7. The Balaban J connectivity index is 4.66. The molecule has 0 aromatic carbocycles. The molecule has 0 radical (unpaired) electrons. The van der Waals surface area contributed by atoms with E-state index in [1.807, 2.05) is 5.32 Å². The first-order chi connectivity index (χ1) is 7.31. The van der Waals surface area contributed by atoms with Crippen LogP contribution in [0, 0.1) is 0 Å². The number of aliphatic hydroxyl groups excluding tert-OH is 4. The van der Waals surface area contributed by atoms with Crippen LogP contribution in [-0.2, 0) is 9.59 Å². The van der Waals surface area contributed by atoms with Gasteiger partial charge in [-0.2, -0.15) is 0 Å². The zero-order chi connectivity index (χ0) is 12.9. The fourth-order valence-corrected chi connectivity index (χ4v) is 1.04. The second-order valence-electron chi connectivity index (χ2n) is 3.23. The van der Waals surface area contributed by atoms with Crippen molar-refractivity contribution in [2.45, 2.75) is 31.3 Å². The molecule has 8 heteroatoms. The highest BCUT2D eigenvalue weighted by atomic mass is 16.4. The minimum absolute atomic E-state index is 0.751. The summed E-state index contributed by atoms with van der Waals surface area (Å²) in [5.74, 6) is -2.56. The van der Waals surface area contributed by atoms with E-state index in [-0.39, 0.29) is 0 Å². The number of aliphatic carboxylic acids is 1. The van der Waals surface area contributed by atoms with Crippen molar-refractivity contribution in [3.63, 3.8) is 0 Å². The zero-order valence-corrected chi connectivity index (χ0v) is 8.53. The maximum atomic E-state index is 10.6. The number of hydrogen-bond donors (Lipinski definition) is 5. The van der Waals surface area contributed by atoms with Gasteiger partial charge in [-0.25, -0.2) is 0 Å². The topological polar surface area (TPSA) is 150 Å². The smallest absolute Gasteiger partial charge is 0.217 e. The fraction of sp³-hybridized carbons (Fsp3) is 0.750. The van der Waals surface area contributed by atoms with Crippen molar-refractivity contribution < 1.29 is 35.1 Å². The average Bonchev–Trinajstić information content (AvgIpc) is 2.22. The molecule has 0 heterocycles. The van der Waals surface area contributed by atoms with E-state index >= 15 is 0 Å². The minimum Gasteiger partial charge on any atom is -0.548 e. The lowest BCUT2D eigenvalue weighted by atomic mass is 10.0. The van der Waals surface area contributed by atoms with Crippen LogP contribution in [0.25, 0.3) is 0 Å². The molecule has 16 heavy (non-hydrogen) atoms. The summed E-state index contributed by atoms with van der Waals surface area (Å²) in [6.07, 6.45) is -5.62. The van der Waals surface area contributed by atoms with E-state index in [1.165, 1.54) is 0 Å². The Hall–Kier alpha value is -1.22. The van der Waals surface area contributed by atoms with Crippen LogP contribution in [0.3, 0.4) is 0 Å². The first-order valence-electron chi connectivity index (χ1n) is 4.44. The van der Waals surface area contributed by atoms with Crippen LogP contribution in [0.4, 0.5) is 0 Å². The molecule has 8 nitrogen and oxygen atoms in total.